The number of sulfonamides is 1. The second-order valence-corrected chi connectivity index (χ2v) is 6.89. The van der Waals surface area contributed by atoms with Crippen molar-refractivity contribution >= 4 is 32.5 Å². The number of hydrogen-bond donors (Lipinski definition) is 2. The van der Waals surface area contributed by atoms with E-state index in [0.29, 0.717) is 5.39 Å². The zero-order valence-electron chi connectivity index (χ0n) is 12.6. The van der Waals surface area contributed by atoms with Crippen LogP contribution >= 0.6 is 0 Å². The number of rotatable bonds is 5. The summed E-state index contributed by atoms with van der Waals surface area (Å²) in [5.74, 6) is -1.22. The zero-order valence-corrected chi connectivity index (χ0v) is 13.4. The van der Waals surface area contributed by atoms with E-state index in [4.69, 9.17) is 5.11 Å². The molecule has 0 heterocycles. The van der Waals surface area contributed by atoms with Gasteiger partial charge in [0, 0.05) is 30.6 Å². The molecule has 0 aliphatic carbocycles. The van der Waals surface area contributed by atoms with Gasteiger partial charge in [0.15, 0.2) is 0 Å². The van der Waals surface area contributed by atoms with Gasteiger partial charge in [0.1, 0.15) is 6.04 Å². The summed E-state index contributed by atoms with van der Waals surface area (Å²) in [4.78, 5) is 12.8. The second-order valence-electron chi connectivity index (χ2n) is 5.20. The van der Waals surface area contributed by atoms with Crippen LogP contribution < -0.4 is 9.62 Å². The number of benzene rings is 2. The van der Waals surface area contributed by atoms with Crippen LogP contribution in [-0.2, 0) is 14.8 Å². The van der Waals surface area contributed by atoms with Crippen LogP contribution in [0.15, 0.2) is 41.3 Å². The molecule has 0 fully saturated rings. The lowest BCUT2D eigenvalue weighted by atomic mass is 10.1. The Bertz CT molecular complexity index is 815. The third kappa shape index (κ3) is 3.05. The third-order valence-corrected chi connectivity index (χ3v) is 4.93. The fraction of sp³-hybridized carbons (Fsp3) is 0.267. The zero-order chi connectivity index (χ0) is 16.5. The molecule has 2 aromatic carbocycles. The molecular weight excluding hydrogens is 306 g/mol. The molecule has 118 valence electrons. The van der Waals surface area contributed by atoms with Crippen molar-refractivity contribution in [3.63, 3.8) is 0 Å². The number of fused-ring (bicyclic) bond motifs is 1. The number of nitrogens with one attached hydrogen (secondary N) is 1. The Morgan fingerprint density at radius 1 is 1.14 bits per heavy atom. The van der Waals surface area contributed by atoms with Crippen molar-refractivity contribution in [3.8, 4) is 0 Å². The van der Waals surface area contributed by atoms with Crippen LogP contribution in [0, 0.1) is 0 Å². The molecule has 2 N–H and O–H groups in total. The van der Waals surface area contributed by atoms with Crippen LogP contribution in [0.2, 0.25) is 0 Å². The average molecular weight is 324 g/mol. The molecule has 6 nitrogen and oxygen atoms in total. The molecule has 7 heteroatoms. The lowest BCUT2D eigenvalue weighted by Gasteiger charge is -2.17. The van der Waals surface area contributed by atoms with E-state index in [1.807, 2.05) is 31.1 Å². The Labute approximate surface area is 129 Å². The molecule has 0 saturated heterocycles. The van der Waals surface area contributed by atoms with E-state index in [1.165, 1.54) is 13.0 Å². The molecule has 22 heavy (non-hydrogen) atoms. The number of carboxylic acids is 1. The highest BCUT2D eigenvalue weighted by molar-refractivity contribution is 7.89. The molecule has 0 spiro atoms. The highest BCUT2D eigenvalue weighted by atomic mass is 32.2. The largest absolute Gasteiger partial charge is 0.480 e. The quantitative estimate of drug-likeness (QED) is 0.873. The van der Waals surface area contributed by atoms with Gasteiger partial charge in [0.25, 0.3) is 0 Å². The summed E-state index contributed by atoms with van der Waals surface area (Å²) in [6.07, 6.45) is 0. The summed E-state index contributed by atoms with van der Waals surface area (Å²) in [6.45, 7) is 1.29. The first-order valence-electron chi connectivity index (χ1n) is 6.68. The predicted octanol–water partition coefficient (Wildman–Crippen LogP) is 1.66. The molecular formula is C15H18N2O4S. The summed E-state index contributed by atoms with van der Waals surface area (Å²) in [7, 11) is -0.172. The molecule has 0 radical (unpaired) electrons. The Morgan fingerprint density at radius 3 is 2.32 bits per heavy atom. The van der Waals surface area contributed by atoms with Crippen LogP contribution in [0.4, 0.5) is 5.69 Å². The van der Waals surface area contributed by atoms with Crippen molar-refractivity contribution in [2.75, 3.05) is 19.0 Å². The topological polar surface area (TPSA) is 86.7 Å². The van der Waals surface area contributed by atoms with Crippen molar-refractivity contribution in [2.24, 2.45) is 0 Å². The number of nitrogens with zero attached hydrogens (tertiary/aromatic N) is 1. The number of anilines is 1. The first kappa shape index (κ1) is 16.3. The molecule has 0 bridgehead atoms. The van der Waals surface area contributed by atoms with Crippen molar-refractivity contribution in [2.45, 2.75) is 17.9 Å². The van der Waals surface area contributed by atoms with Crippen molar-refractivity contribution in [1.29, 1.82) is 0 Å². The maximum Gasteiger partial charge on any atom is 0.321 e. The number of aliphatic carboxylic acids is 1. The van der Waals surface area contributed by atoms with Gasteiger partial charge in [-0.25, -0.2) is 8.42 Å². The normalized spacial score (nSPS) is 13.0. The Kier molecular flexibility index (Phi) is 4.39. The van der Waals surface area contributed by atoms with Gasteiger partial charge >= 0.3 is 5.97 Å². The van der Waals surface area contributed by atoms with Crippen LogP contribution in [-0.4, -0.2) is 39.6 Å². The van der Waals surface area contributed by atoms with Gasteiger partial charge in [-0.3, -0.25) is 4.79 Å². The van der Waals surface area contributed by atoms with Crippen molar-refractivity contribution < 1.29 is 18.3 Å². The van der Waals surface area contributed by atoms with Crippen LogP contribution in [0.3, 0.4) is 0 Å². The maximum absolute atomic E-state index is 12.5. The van der Waals surface area contributed by atoms with E-state index in [-0.39, 0.29) is 4.90 Å². The van der Waals surface area contributed by atoms with Gasteiger partial charge in [0.2, 0.25) is 10.0 Å². The van der Waals surface area contributed by atoms with E-state index in [2.05, 4.69) is 4.72 Å². The van der Waals surface area contributed by atoms with Gasteiger partial charge in [-0.05, 0) is 19.1 Å². The minimum atomic E-state index is -3.92. The predicted molar refractivity (Wildman–Crippen MR) is 85.7 cm³/mol. The molecule has 0 saturated carbocycles. The maximum atomic E-state index is 12.5. The van der Waals surface area contributed by atoms with Crippen LogP contribution in [0.5, 0.6) is 0 Å². The minimum absolute atomic E-state index is 0.0711. The Morgan fingerprint density at radius 2 is 1.73 bits per heavy atom. The first-order chi connectivity index (χ1) is 10.2. The van der Waals surface area contributed by atoms with Gasteiger partial charge in [0.05, 0.1) is 4.90 Å². The van der Waals surface area contributed by atoms with Crippen LogP contribution in [0.25, 0.3) is 10.8 Å². The lowest BCUT2D eigenvalue weighted by molar-refractivity contribution is -0.138. The Hall–Kier alpha value is -2.12. The standard InChI is InChI=1S/C15H18N2O4S/c1-10(15(18)19)16-22(20,21)14-9-5-6-11-12(14)7-4-8-13(11)17(2)3/h4-10,16H,1-3H3,(H,18,19)/t10-/m0/s1/i15+2. The third-order valence-electron chi connectivity index (χ3n) is 3.33. The highest BCUT2D eigenvalue weighted by Gasteiger charge is 2.23. The smallest absolute Gasteiger partial charge is 0.321 e. The van der Waals surface area contributed by atoms with E-state index < -0.39 is 22.0 Å². The molecule has 0 unspecified atom stereocenters. The fourth-order valence-electron chi connectivity index (χ4n) is 2.24. The first-order valence-corrected chi connectivity index (χ1v) is 8.16. The number of carboxylic acid groups (broad SMARTS) is 1. The summed E-state index contributed by atoms with van der Waals surface area (Å²) in [6, 6.07) is 9.14. The SMILES string of the molecule is C[C@H](NS(=O)(=O)c1cccc2c(N(C)C)cccc12)[14C](=O)O. The fourth-order valence-corrected chi connectivity index (χ4v) is 3.65. The summed E-state index contributed by atoms with van der Waals surface area (Å²) < 4.78 is 27.1. The molecule has 1 atom stereocenters. The van der Waals surface area contributed by atoms with Gasteiger partial charge in [-0.15, -0.1) is 0 Å². The molecule has 0 aliphatic rings. The van der Waals surface area contributed by atoms with Gasteiger partial charge < -0.3 is 10.0 Å². The minimum Gasteiger partial charge on any atom is -0.480 e. The van der Waals surface area contributed by atoms with Crippen LogP contribution in [0.1, 0.15) is 6.92 Å². The Balaban J connectivity index is 2.62. The molecule has 2 rings (SSSR count). The molecule has 0 amide bonds. The molecule has 2 aromatic rings. The summed E-state index contributed by atoms with van der Waals surface area (Å²) in [5.41, 5.74) is 0.890. The number of carbonyl (C=O) groups is 1. The summed E-state index contributed by atoms with van der Waals surface area (Å²) in [5, 5.41) is 10.2. The molecule has 0 aliphatic heterocycles. The van der Waals surface area contributed by atoms with Crippen molar-refractivity contribution in [3.05, 3.63) is 36.4 Å². The van der Waals surface area contributed by atoms with E-state index in [1.54, 1.807) is 18.2 Å². The number of hydrogen-bond acceptors (Lipinski definition) is 4. The average Bonchev–Trinajstić information content (AvgIpc) is 2.45. The monoisotopic (exact) mass is 324 g/mol. The van der Waals surface area contributed by atoms with Gasteiger partial charge in [-0.2, -0.15) is 4.72 Å². The lowest BCUT2D eigenvalue weighted by Crippen LogP contribution is -2.38. The van der Waals surface area contributed by atoms with Crippen molar-refractivity contribution in [1.82, 2.24) is 4.72 Å². The molecule has 0 aromatic heterocycles. The van der Waals surface area contributed by atoms with E-state index >= 15 is 0 Å². The van der Waals surface area contributed by atoms with E-state index in [9.17, 15) is 13.2 Å². The second kappa shape index (κ2) is 5.94. The van der Waals surface area contributed by atoms with Gasteiger partial charge in [-0.1, -0.05) is 24.3 Å². The summed E-state index contributed by atoms with van der Waals surface area (Å²) >= 11 is 0. The van der Waals surface area contributed by atoms with E-state index in [0.717, 1.165) is 11.1 Å². The highest BCUT2D eigenvalue weighted by Crippen LogP contribution is 2.30.